The van der Waals surface area contributed by atoms with Crippen molar-refractivity contribution in [2.24, 2.45) is 0 Å². The summed E-state index contributed by atoms with van der Waals surface area (Å²) in [4.78, 5) is 4.98. The first-order valence-electron chi connectivity index (χ1n) is 3.83. The molecule has 2 aromatic rings. The van der Waals surface area contributed by atoms with Gasteiger partial charge in [0, 0.05) is 0 Å². The van der Waals surface area contributed by atoms with Crippen LogP contribution in [0.25, 0.3) is 10.7 Å². The summed E-state index contributed by atoms with van der Waals surface area (Å²) in [6.07, 6.45) is -0.707. The summed E-state index contributed by atoms with van der Waals surface area (Å²) in [5.41, 5.74) is 0. The molecule has 13 heavy (non-hydrogen) atoms. The van der Waals surface area contributed by atoms with Crippen LogP contribution in [0.5, 0.6) is 0 Å². The molecular weight excluding hydrogens is 188 g/mol. The van der Waals surface area contributed by atoms with Gasteiger partial charge in [-0.25, -0.2) is 0 Å². The highest BCUT2D eigenvalue weighted by atomic mass is 32.1. The van der Waals surface area contributed by atoms with E-state index < -0.39 is 6.10 Å². The van der Waals surface area contributed by atoms with Crippen molar-refractivity contribution in [3.8, 4) is 10.7 Å². The van der Waals surface area contributed by atoms with Gasteiger partial charge in [-0.15, -0.1) is 11.3 Å². The van der Waals surface area contributed by atoms with Gasteiger partial charge in [0.15, 0.2) is 0 Å². The van der Waals surface area contributed by atoms with E-state index in [4.69, 9.17) is 9.63 Å². The van der Waals surface area contributed by atoms with Crippen molar-refractivity contribution in [2.45, 2.75) is 13.0 Å². The number of aromatic nitrogens is 2. The van der Waals surface area contributed by atoms with E-state index in [0.29, 0.717) is 5.82 Å². The molecule has 0 unspecified atom stereocenters. The van der Waals surface area contributed by atoms with E-state index in [2.05, 4.69) is 10.1 Å². The minimum atomic E-state index is -0.707. The Hall–Kier alpha value is -1.20. The second kappa shape index (κ2) is 3.27. The molecule has 0 spiro atoms. The van der Waals surface area contributed by atoms with Crippen LogP contribution in [-0.2, 0) is 0 Å². The lowest BCUT2D eigenvalue weighted by Gasteiger charge is -1.91. The Morgan fingerprint density at radius 2 is 2.46 bits per heavy atom. The third-order valence-corrected chi connectivity index (χ3v) is 2.41. The molecule has 2 aromatic heterocycles. The fraction of sp³-hybridized carbons (Fsp3) is 0.250. The van der Waals surface area contributed by atoms with Crippen molar-refractivity contribution in [1.82, 2.24) is 10.1 Å². The monoisotopic (exact) mass is 196 g/mol. The summed E-state index contributed by atoms with van der Waals surface area (Å²) in [6, 6.07) is 3.82. The van der Waals surface area contributed by atoms with Crippen molar-refractivity contribution >= 4 is 11.3 Å². The maximum absolute atomic E-state index is 9.14. The lowest BCUT2D eigenvalue weighted by molar-refractivity contribution is 0.152. The average molecular weight is 196 g/mol. The van der Waals surface area contributed by atoms with Crippen LogP contribution in [0, 0.1) is 0 Å². The lowest BCUT2D eigenvalue weighted by atomic mass is 10.4. The molecule has 0 aliphatic rings. The molecule has 0 saturated heterocycles. The number of nitrogens with zero attached hydrogens (tertiary/aromatic N) is 2. The number of rotatable bonds is 2. The summed E-state index contributed by atoms with van der Waals surface area (Å²) < 4.78 is 4.85. The highest BCUT2D eigenvalue weighted by molar-refractivity contribution is 7.13. The van der Waals surface area contributed by atoms with E-state index in [0.717, 1.165) is 4.88 Å². The molecule has 0 fully saturated rings. The first-order valence-corrected chi connectivity index (χ1v) is 4.71. The Bertz CT molecular complexity index is 381. The molecule has 0 radical (unpaired) electrons. The first kappa shape index (κ1) is 8.40. The second-order valence-corrected chi connectivity index (χ2v) is 3.56. The quantitative estimate of drug-likeness (QED) is 0.796. The summed E-state index contributed by atoms with van der Waals surface area (Å²) >= 11 is 1.53. The van der Waals surface area contributed by atoms with Gasteiger partial charge in [0.05, 0.1) is 4.88 Å². The van der Waals surface area contributed by atoms with Crippen molar-refractivity contribution in [2.75, 3.05) is 0 Å². The molecule has 0 saturated carbocycles. The molecule has 0 amide bonds. The van der Waals surface area contributed by atoms with E-state index in [1.165, 1.54) is 11.3 Å². The van der Waals surface area contributed by atoms with E-state index in [1.54, 1.807) is 6.92 Å². The molecule has 4 nitrogen and oxygen atoms in total. The molecule has 0 aliphatic carbocycles. The highest BCUT2D eigenvalue weighted by Gasteiger charge is 2.12. The molecule has 2 heterocycles. The van der Waals surface area contributed by atoms with Gasteiger partial charge in [-0.05, 0) is 18.4 Å². The zero-order chi connectivity index (χ0) is 9.26. The SMILES string of the molecule is C[C@H](O)c1nc(-c2cccs2)no1. The Morgan fingerprint density at radius 1 is 1.62 bits per heavy atom. The van der Waals surface area contributed by atoms with Gasteiger partial charge in [-0.1, -0.05) is 11.2 Å². The summed E-state index contributed by atoms with van der Waals surface area (Å²) in [6.45, 7) is 1.59. The lowest BCUT2D eigenvalue weighted by Crippen LogP contribution is -1.89. The third-order valence-electron chi connectivity index (χ3n) is 1.54. The van der Waals surface area contributed by atoms with Gasteiger partial charge in [0.2, 0.25) is 5.82 Å². The molecule has 0 aromatic carbocycles. The number of hydrogen-bond donors (Lipinski definition) is 1. The maximum atomic E-state index is 9.14. The third kappa shape index (κ3) is 1.61. The molecule has 5 heteroatoms. The van der Waals surface area contributed by atoms with Gasteiger partial charge in [0.1, 0.15) is 6.10 Å². The van der Waals surface area contributed by atoms with Gasteiger partial charge >= 0.3 is 0 Å². The van der Waals surface area contributed by atoms with Crippen LogP contribution in [-0.4, -0.2) is 15.2 Å². The van der Waals surface area contributed by atoms with Gasteiger partial charge in [0.25, 0.3) is 5.89 Å². The summed E-state index contributed by atoms with van der Waals surface area (Å²) in [7, 11) is 0. The van der Waals surface area contributed by atoms with E-state index in [9.17, 15) is 0 Å². The zero-order valence-corrected chi connectivity index (χ0v) is 7.78. The Balaban J connectivity index is 2.33. The van der Waals surface area contributed by atoms with Crippen molar-refractivity contribution in [3.05, 3.63) is 23.4 Å². The number of thiophene rings is 1. The summed E-state index contributed by atoms with van der Waals surface area (Å²) in [5.74, 6) is 0.786. The van der Waals surface area contributed by atoms with Crippen molar-refractivity contribution < 1.29 is 9.63 Å². The highest BCUT2D eigenvalue weighted by Crippen LogP contribution is 2.22. The van der Waals surface area contributed by atoms with Gasteiger partial charge < -0.3 is 9.63 Å². The smallest absolute Gasteiger partial charge is 0.255 e. The summed E-state index contributed by atoms with van der Waals surface area (Å²) in [5, 5.41) is 14.8. The Morgan fingerprint density at radius 3 is 3.00 bits per heavy atom. The normalized spacial score (nSPS) is 13.1. The van der Waals surface area contributed by atoms with Crippen LogP contribution in [0.1, 0.15) is 18.9 Å². The fourth-order valence-electron chi connectivity index (χ4n) is 0.911. The number of hydrogen-bond acceptors (Lipinski definition) is 5. The van der Waals surface area contributed by atoms with Crippen molar-refractivity contribution in [3.63, 3.8) is 0 Å². The molecule has 0 aliphatic heterocycles. The zero-order valence-electron chi connectivity index (χ0n) is 6.97. The first-order chi connectivity index (χ1) is 6.27. The fourth-order valence-corrected chi connectivity index (χ4v) is 1.56. The predicted octanol–water partition coefficient (Wildman–Crippen LogP) is 1.85. The Labute approximate surface area is 78.8 Å². The number of aliphatic hydroxyl groups is 1. The molecule has 0 bridgehead atoms. The number of aliphatic hydroxyl groups excluding tert-OH is 1. The minimum absolute atomic E-state index is 0.253. The van der Waals surface area contributed by atoms with E-state index in [1.807, 2.05) is 17.5 Å². The molecular formula is C8H8N2O2S. The minimum Gasteiger partial charge on any atom is -0.384 e. The second-order valence-electron chi connectivity index (χ2n) is 2.61. The van der Waals surface area contributed by atoms with E-state index in [-0.39, 0.29) is 5.89 Å². The molecule has 2 rings (SSSR count). The largest absolute Gasteiger partial charge is 0.384 e. The molecule has 68 valence electrons. The predicted molar refractivity (Wildman–Crippen MR) is 48.2 cm³/mol. The topological polar surface area (TPSA) is 59.2 Å². The van der Waals surface area contributed by atoms with Crippen LogP contribution >= 0.6 is 11.3 Å². The van der Waals surface area contributed by atoms with Crippen LogP contribution in [0.2, 0.25) is 0 Å². The average Bonchev–Trinajstić information content (AvgIpc) is 2.75. The van der Waals surface area contributed by atoms with Crippen LogP contribution < -0.4 is 0 Å². The van der Waals surface area contributed by atoms with Crippen LogP contribution in [0.15, 0.2) is 22.0 Å². The van der Waals surface area contributed by atoms with Gasteiger partial charge in [-0.3, -0.25) is 0 Å². The van der Waals surface area contributed by atoms with Crippen LogP contribution in [0.4, 0.5) is 0 Å². The Kier molecular flexibility index (Phi) is 2.12. The van der Waals surface area contributed by atoms with Crippen molar-refractivity contribution in [1.29, 1.82) is 0 Å². The van der Waals surface area contributed by atoms with Crippen LogP contribution in [0.3, 0.4) is 0 Å². The standard InChI is InChI=1S/C8H8N2O2S/c1-5(11)8-9-7(10-12-8)6-3-2-4-13-6/h2-5,11H,1H3/t5-/m0/s1. The van der Waals surface area contributed by atoms with E-state index >= 15 is 0 Å². The maximum Gasteiger partial charge on any atom is 0.255 e. The molecule has 1 N–H and O–H groups in total. The van der Waals surface area contributed by atoms with Gasteiger partial charge in [-0.2, -0.15) is 4.98 Å². The molecule has 1 atom stereocenters.